The van der Waals surface area contributed by atoms with Gasteiger partial charge in [-0.1, -0.05) is 152 Å². The van der Waals surface area contributed by atoms with Gasteiger partial charge in [-0.05, 0) is 93.3 Å². The molecule has 0 bridgehead atoms. The minimum atomic E-state index is 1.24. The van der Waals surface area contributed by atoms with E-state index in [2.05, 4.69) is 158 Å². The molecule has 0 amide bonds. The van der Waals surface area contributed by atoms with Gasteiger partial charge in [0.15, 0.2) is 0 Å². The van der Waals surface area contributed by atoms with Crippen molar-refractivity contribution in [2.45, 2.75) is 0 Å². The van der Waals surface area contributed by atoms with E-state index in [-0.39, 0.29) is 0 Å². The van der Waals surface area contributed by atoms with Crippen LogP contribution in [0.1, 0.15) is 0 Å². The standard InChI is InChI=1S/C42H26/c1-2-10-29(11-3-1)40-35-13-7-6-9-28(35)18-23-38(40)36-22-20-31-16-15-30-19-21-34(37-24-25-39(36)42(31)41(30)37)33-17-14-27-8-4-5-12-32(27)26-33/h1-26H. The predicted molar refractivity (Wildman–Crippen MR) is 181 cm³/mol. The van der Waals surface area contributed by atoms with Crippen LogP contribution in [-0.4, -0.2) is 0 Å². The molecular formula is C42H26. The highest BCUT2D eigenvalue weighted by Gasteiger charge is 2.18. The Balaban J connectivity index is 1.35. The van der Waals surface area contributed by atoms with E-state index in [1.54, 1.807) is 0 Å². The molecule has 9 rings (SSSR count). The Morgan fingerprint density at radius 1 is 0.262 bits per heavy atom. The summed E-state index contributed by atoms with van der Waals surface area (Å²) in [6, 6.07) is 58.1. The second kappa shape index (κ2) is 9.03. The molecule has 194 valence electrons. The summed E-state index contributed by atoms with van der Waals surface area (Å²) in [5.41, 5.74) is 7.62. The van der Waals surface area contributed by atoms with Crippen molar-refractivity contribution in [1.82, 2.24) is 0 Å². The van der Waals surface area contributed by atoms with Gasteiger partial charge < -0.3 is 0 Å². The minimum absolute atomic E-state index is 1.24. The summed E-state index contributed by atoms with van der Waals surface area (Å²) in [6.07, 6.45) is 0. The van der Waals surface area contributed by atoms with Gasteiger partial charge in [-0.25, -0.2) is 0 Å². The third-order valence-electron chi connectivity index (χ3n) is 9.01. The number of rotatable bonds is 3. The van der Waals surface area contributed by atoms with Gasteiger partial charge in [-0.2, -0.15) is 0 Å². The van der Waals surface area contributed by atoms with Crippen molar-refractivity contribution in [2.24, 2.45) is 0 Å². The summed E-state index contributed by atoms with van der Waals surface area (Å²) in [4.78, 5) is 0. The number of hydrogen-bond donors (Lipinski definition) is 0. The van der Waals surface area contributed by atoms with Gasteiger partial charge in [0.05, 0.1) is 0 Å². The molecule has 0 fully saturated rings. The van der Waals surface area contributed by atoms with Gasteiger partial charge in [0.1, 0.15) is 0 Å². The maximum absolute atomic E-state index is 2.36. The summed E-state index contributed by atoms with van der Waals surface area (Å²) >= 11 is 0. The van der Waals surface area contributed by atoms with Crippen LogP contribution in [0.25, 0.3) is 87.2 Å². The van der Waals surface area contributed by atoms with E-state index in [1.165, 1.54) is 87.2 Å². The van der Waals surface area contributed by atoms with Gasteiger partial charge in [0, 0.05) is 0 Å². The molecule has 0 unspecified atom stereocenters. The molecule has 0 saturated heterocycles. The van der Waals surface area contributed by atoms with Crippen molar-refractivity contribution in [3.8, 4) is 33.4 Å². The fourth-order valence-corrected chi connectivity index (χ4v) is 7.06. The summed E-state index contributed by atoms with van der Waals surface area (Å²) in [6.45, 7) is 0. The summed E-state index contributed by atoms with van der Waals surface area (Å²) in [5, 5.41) is 12.9. The minimum Gasteiger partial charge on any atom is -0.0622 e. The summed E-state index contributed by atoms with van der Waals surface area (Å²) in [7, 11) is 0. The third-order valence-corrected chi connectivity index (χ3v) is 9.01. The molecule has 0 N–H and O–H groups in total. The number of hydrogen-bond acceptors (Lipinski definition) is 0. The molecule has 9 aromatic rings. The normalized spacial score (nSPS) is 11.8. The summed E-state index contributed by atoms with van der Waals surface area (Å²) in [5.74, 6) is 0. The van der Waals surface area contributed by atoms with Crippen LogP contribution in [0.2, 0.25) is 0 Å². The van der Waals surface area contributed by atoms with E-state index < -0.39 is 0 Å². The van der Waals surface area contributed by atoms with Gasteiger partial charge in [-0.15, -0.1) is 0 Å². The van der Waals surface area contributed by atoms with Crippen LogP contribution in [0.3, 0.4) is 0 Å². The lowest BCUT2D eigenvalue weighted by atomic mass is 9.84. The zero-order valence-corrected chi connectivity index (χ0v) is 23.0. The van der Waals surface area contributed by atoms with Crippen molar-refractivity contribution >= 4 is 53.9 Å². The Bertz CT molecular complexity index is 2450. The lowest BCUT2D eigenvalue weighted by Crippen LogP contribution is -1.92. The Hall–Kier alpha value is -5.46. The molecule has 0 radical (unpaired) electrons. The fraction of sp³-hybridized carbons (Fsp3) is 0. The molecule has 42 heavy (non-hydrogen) atoms. The second-order valence-electron chi connectivity index (χ2n) is 11.3. The molecule has 0 aliphatic carbocycles. The topological polar surface area (TPSA) is 0 Å². The number of fused-ring (bicyclic) bond motifs is 2. The monoisotopic (exact) mass is 530 g/mol. The highest BCUT2D eigenvalue weighted by molar-refractivity contribution is 6.28. The molecule has 0 aromatic heterocycles. The Kier molecular flexibility index (Phi) is 5.00. The van der Waals surface area contributed by atoms with E-state index in [0.717, 1.165) is 0 Å². The van der Waals surface area contributed by atoms with E-state index in [9.17, 15) is 0 Å². The fourth-order valence-electron chi connectivity index (χ4n) is 7.06. The largest absolute Gasteiger partial charge is 0.0622 e. The Morgan fingerprint density at radius 2 is 0.810 bits per heavy atom. The molecule has 0 spiro atoms. The zero-order chi connectivity index (χ0) is 27.6. The van der Waals surface area contributed by atoms with Crippen LogP contribution in [0.5, 0.6) is 0 Å². The molecule has 9 aromatic carbocycles. The Morgan fingerprint density at radius 3 is 1.60 bits per heavy atom. The highest BCUT2D eigenvalue weighted by atomic mass is 14.2. The lowest BCUT2D eigenvalue weighted by Gasteiger charge is -2.19. The van der Waals surface area contributed by atoms with Crippen molar-refractivity contribution in [3.63, 3.8) is 0 Å². The SMILES string of the molecule is c1ccc(-c2c(-c3ccc4ccc5ccc(-c6ccc7ccccc7c6)c6ccc3c4c56)ccc3ccccc23)cc1. The van der Waals surface area contributed by atoms with Gasteiger partial charge in [0.2, 0.25) is 0 Å². The molecule has 0 saturated carbocycles. The second-order valence-corrected chi connectivity index (χ2v) is 11.3. The van der Waals surface area contributed by atoms with Crippen molar-refractivity contribution in [2.75, 3.05) is 0 Å². The van der Waals surface area contributed by atoms with Gasteiger partial charge in [-0.3, -0.25) is 0 Å². The summed E-state index contributed by atoms with van der Waals surface area (Å²) < 4.78 is 0. The predicted octanol–water partition coefficient (Wildman–Crippen LogP) is 11.9. The van der Waals surface area contributed by atoms with E-state index >= 15 is 0 Å². The average Bonchev–Trinajstić information content (AvgIpc) is 3.06. The van der Waals surface area contributed by atoms with E-state index in [0.29, 0.717) is 0 Å². The van der Waals surface area contributed by atoms with E-state index in [1.807, 2.05) is 0 Å². The Labute approximate surface area is 244 Å². The van der Waals surface area contributed by atoms with Crippen LogP contribution < -0.4 is 0 Å². The first-order valence-corrected chi connectivity index (χ1v) is 14.6. The average molecular weight is 531 g/mol. The van der Waals surface area contributed by atoms with E-state index in [4.69, 9.17) is 0 Å². The third kappa shape index (κ3) is 3.42. The maximum atomic E-state index is 2.36. The lowest BCUT2D eigenvalue weighted by molar-refractivity contribution is 1.63. The van der Waals surface area contributed by atoms with Crippen LogP contribution in [0.4, 0.5) is 0 Å². The van der Waals surface area contributed by atoms with Gasteiger partial charge >= 0.3 is 0 Å². The molecule has 0 aliphatic heterocycles. The quantitative estimate of drug-likeness (QED) is 0.199. The molecule has 0 heterocycles. The first-order valence-electron chi connectivity index (χ1n) is 14.6. The van der Waals surface area contributed by atoms with Crippen molar-refractivity contribution < 1.29 is 0 Å². The van der Waals surface area contributed by atoms with Crippen LogP contribution >= 0.6 is 0 Å². The zero-order valence-electron chi connectivity index (χ0n) is 23.0. The first-order chi connectivity index (χ1) is 20.8. The maximum Gasteiger partial charge on any atom is -0.00203 e. The number of benzene rings is 9. The molecule has 0 heteroatoms. The smallest absolute Gasteiger partial charge is 0.00203 e. The van der Waals surface area contributed by atoms with Gasteiger partial charge in [0.25, 0.3) is 0 Å². The molecule has 0 atom stereocenters. The van der Waals surface area contributed by atoms with Crippen LogP contribution in [0.15, 0.2) is 158 Å². The molecule has 0 aliphatic rings. The molecule has 0 nitrogen and oxygen atoms in total. The van der Waals surface area contributed by atoms with Crippen LogP contribution in [-0.2, 0) is 0 Å². The first kappa shape index (κ1) is 23.3. The van der Waals surface area contributed by atoms with Crippen molar-refractivity contribution in [1.29, 1.82) is 0 Å². The van der Waals surface area contributed by atoms with Crippen LogP contribution in [0, 0.1) is 0 Å². The van der Waals surface area contributed by atoms with Crippen molar-refractivity contribution in [3.05, 3.63) is 158 Å². The highest BCUT2D eigenvalue weighted by Crippen LogP contribution is 2.45. The molecular weight excluding hydrogens is 504 g/mol.